The maximum absolute atomic E-state index is 5.82. The summed E-state index contributed by atoms with van der Waals surface area (Å²) < 4.78 is 5.82. The Bertz CT molecular complexity index is 228. The summed E-state index contributed by atoms with van der Waals surface area (Å²) in [6.45, 7) is 11.3. The maximum Gasteiger partial charge on any atom is 0.0779 e. The molecule has 100 valence electrons. The van der Waals surface area contributed by atoms with Crippen LogP contribution in [0.25, 0.3) is 0 Å². The zero-order valence-electron chi connectivity index (χ0n) is 11.7. The second kappa shape index (κ2) is 5.68. The molecule has 2 heterocycles. The SMILES string of the molecule is CC(C)N1CCC(NCC2(C)CCCO2)CC1. The minimum atomic E-state index is 0.106. The third-order valence-corrected chi connectivity index (χ3v) is 4.33. The van der Waals surface area contributed by atoms with E-state index in [1.165, 1.54) is 38.8 Å². The van der Waals surface area contributed by atoms with E-state index in [1.807, 2.05) is 0 Å². The highest BCUT2D eigenvalue weighted by atomic mass is 16.5. The fourth-order valence-corrected chi connectivity index (χ4v) is 2.96. The maximum atomic E-state index is 5.82. The molecular formula is C14H28N2O. The van der Waals surface area contributed by atoms with Gasteiger partial charge in [-0.05, 0) is 59.5 Å². The van der Waals surface area contributed by atoms with Crippen molar-refractivity contribution in [1.29, 1.82) is 0 Å². The first-order valence-electron chi connectivity index (χ1n) is 7.20. The third-order valence-electron chi connectivity index (χ3n) is 4.33. The lowest BCUT2D eigenvalue weighted by molar-refractivity contribution is 0.0163. The molecule has 0 aromatic carbocycles. The van der Waals surface area contributed by atoms with Crippen LogP contribution < -0.4 is 5.32 Å². The minimum absolute atomic E-state index is 0.106. The van der Waals surface area contributed by atoms with Gasteiger partial charge in [0.25, 0.3) is 0 Å². The quantitative estimate of drug-likeness (QED) is 0.813. The smallest absolute Gasteiger partial charge is 0.0779 e. The molecule has 3 heteroatoms. The number of hydrogen-bond donors (Lipinski definition) is 1. The van der Waals surface area contributed by atoms with E-state index in [9.17, 15) is 0 Å². The van der Waals surface area contributed by atoms with E-state index in [0.29, 0.717) is 12.1 Å². The lowest BCUT2D eigenvalue weighted by Crippen LogP contribution is -2.48. The van der Waals surface area contributed by atoms with Crippen LogP contribution in [0.5, 0.6) is 0 Å². The normalized spacial score (nSPS) is 32.5. The van der Waals surface area contributed by atoms with Crippen molar-refractivity contribution in [2.75, 3.05) is 26.2 Å². The Morgan fingerprint density at radius 2 is 2.06 bits per heavy atom. The van der Waals surface area contributed by atoms with Crippen LogP contribution in [0.3, 0.4) is 0 Å². The molecular weight excluding hydrogens is 212 g/mol. The fraction of sp³-hybridized carbons (Fsp3) is 1.00. The zero-order chi connectivity index (χ0) is 12.3. The molecule has 2 rings (SSSR count). The van der Waals surface area contributed by atoms with Crippen molar-refractivity contribution in [2.45, 2.75) is 64.1 Å². The van der Waals surface area contributed by atoms with Gasteiger partial charge in [-0.15, -0.1) is 0 Å². The first-order chi connectivity index (χ1) is 8.09. The van der Waals surface area contributed by atoms with Gasteiger partial charge in [-0.2, -0.15) is 0 Å². The number of rotatable bonds is 4. The van der Waals surface area contributed by atoms with Gasteiger partial charge in [-0.25, -0.2) is 0 Å². The van der Waals surface area contributed by atoms with Crippen LogP contribution in [0.2, 0.25) is 0 Å². The van der Waals surface area contributed by atoms with Gasteiger partial charge in [0.15, 0.2) is 0 Å². The summed E-state index contributed by atoms with van der Waals surface area (Å²) in [6.07, 6.45) is 5.01. The molecule has 0 aromatic rings. The Kier molecular flexibility index (Phi) is 4.45. The summed E-state index contributed by atoms with van der Waals surface area (Å²) >= 11 is 0. The van der Waals surface area contributed by atoms with E-state index in [2.05, 4.69) is 31.0 Å². The summed E-state index contributed by atoms with van der Waals surface area (Å²) in [7, 11) is 0. The number of ether oxygens (including phenoxy) is 1. The van der Waals surface area contributed by atoms with Crippen molar-refractivity contribution >= 4 is 0 Å². The van der Waals surface area contributed by atoms with E-state index in [1.54, 1.807) is 0 Å². The Morgan fingerprint density at radius 3 is 2.59 bits per heavy atom. The molecule has 2 fully saturated rings. The lowest BCUT2D eigenvalue weighted by Gasteiger charge is -2.36. The number of nitrogens with zero attached hydrogens (tertiary/aromatic N) is 1. The van der Waals surface area contributed by atoms with Crippen LogP contribution in [-0.4, -0.2) is 48.8 Å². The summed E-state index contributed by atoms with van der Waals surface area (Å²) in [5.74, 6) is 0. The zero-order valence-corrected chi connectivity index (χ0v) is 11.7. The number of likely N-dealkylation sites (tertiary alicyclic amines) is 1. The molecule has 0 saturated carbocycles. The highest BCUT2D eigenvalue weighted by molar-refractivity contribution is 4.86. The summed E-state index contributed by atoms with van der Waals surface area (Å²) in [4.78, 5) is 2.58. The summed E-state index contributed by atoms with van der Waals surface area (Å²) in [5, 5.41) is 3.71. The average Bonchev–Trinajstić information content (AvgIpc) is 2.75. The molecule has 2 aliphatic rings. The van der Waals surface area contributed by atoms with Crippen LogP contribution in [0.4, 0.5) is 0 Å². The number of nitrogens with one attached hydrogen (secondary N) is 1. The van der Waals surface area contributed by atoms with Gasteiger partial charge >= 0.3 is 0 Å². The van der Waals surface area contributed by atoms with Crippen molar-refractivity contribution in [3.05, 3.63) is 0 Å². The molecule has 0 aromatic heterocycles. The molecule has 3 nitrogen and oxygen atoms in total. The average molecular weight is 240 g/mol. The second-order valence-corrected chi connectivity index (χ2v) is 6.19. The van der Waals surface area contributed by atoms with E-state index in [4.69, 9.17) is 4.74 Å². The van der Waals surface area contributed by atoms with E-state index < -0.39 is 0 Å². The molecule has 2 saturated heterocycles. The van der Waals surface area contributed by atoms with Gasteiger partial charge < -0.3 is 15.0 Å². The standard InChI is InChI=1S/C14H28N2O/c1-12(2)16-8-5-13(6-9-16)15-11-14(3)7-4-10-17-14/h12-13,15H,4-11H2,1-3H3. The molecule has 0 amide bonds. The van der Waals surface area contributed by atoms with Gasteiger partial charge in [0, 0.05) is 25.2 Å². The predicted molar refractivity (Wildman–Crippen MR) is 71.3 cm³/mol. The van der Waals surface area contributed by atoms with Crippen molar-refractivity contribution < 1.29 is 4.74 Å². The first-order valence-corrected chi connectivity index (χ1v) is 7.20. The number of piperidine rings is 1. The van der Waals surface area contributed by atoms with Crippen molar-refractivity contribution in [3.8, 4) is 0 Å². The molecule has 2 aliphatic heterocycles. The fourth-order valence-electron chi connectivity index (χ4n) is 2.96. The van der Waals surface area contributed by atoms with Crippen LogP contribution in [0.1, 0.15) is 46.5 Å². The number of hydrogen-bond acceptors (Lipinski definition) is 3. The lowest BCUT2D eigenvalue weighted by atomic mass is 9.99. The molecule has 0 spiro atoms. The second-order valence-electron chi connectivity index (χ2n) is 6.19. The molecule has 1 N–H and O–H groups in total. The monoisotopic (exact) mass is 240 g/mol. The van der Waals surface area contributed by atoms with Crippen LogP contribution in [0, 0.1) is 0 Å². The van der Waals surface area contributed by atoms with Crippen molar-refractivity contribution in [1.82, 2.24) is 10.2 Å². The predicted octanol–water partition coefficient (Wildman–Crippen LogP) is 2.02. The van der Waals surface area contributed by atoms with Gasteiger partial charge in [-0.1, -0.05) is 0 Å². The van der Waals surface area contributed by atoms with E-state index in [-0.39, 0.29) is 5.60 Å². The van der Waals surface area contributed by atoms with Crippen LogP contribution in [-0.2, 0) is 4.74 Å². The Morgan fingerprint density at radius 1 is 1.35 bits per heavy atom. The van der Waals surface area contributed by atoms with E-state index >= 15 is 0 Å². The van der Waals surface area contributed by atoms with Crippen molar-refractivity contribution in [3.63, 3.8) is 0 Å². The molecule has 0 aliphatic carbocycles. The molecule has 1 unspecified atom stereocenters. The van der Waals surface area contributed by atoms with Gasteiger partial charge in [0.2, 0.25) is 0 Å². The topological polar surface area (TPSA) is 24.5 Å². The molecule has 0 radical (unpaired) electrons. The van der Waals surface area contributed by atoms with Gasteiger partial charge in [0.1, 0.15) is 0 Å². The summed E-state index contributed by atoms with van der Waals surface area (Å²) in [5.41, 5.74) is 0.106. The Labute approximate surface area is 106 Å². The van der Waals surface area contributed by atoms with Gasteiger partial charge in [-0.3, -0.25) is 0 Å². The van der Waals surface area contributed by atoms with Gasteiger partial charge in [0.05, 0.1) is 5.60 Å². The first kappa shape index (κ1) is 13.3. The van der Waals surface area contributed by atoms with Crippen LogP contribution >= 0.6 is 0 Å². The molecule has 0 bridgehead atoms. The highest BCUT2D eigenvalue weighted by Gasteiger charge is 2.30. The largest absolute Gasteiger partial charge is 0.374 e. The highest BCUT2D eigenvalue weighted by Crippen LogP contribution is 2.24. The Balaban J connectivity index is 1.68. The van der Waals surface area contributed by atoms with Crippen molar-refractivity contribution in [2.24, 2.45) is 0 Å². The molecule has 17 heavy (non-hydrogen) atoms. The van der Waals surface area contributed by atoms with E-state index in [0.717, 1.165) is 13.2 Å². The Hall–Kier alpha value is -0.120. The minimum Gasteiger partial charge on any atom is -0.374 e. The molecule has 1 atom stereocenters. The summed E-state index contributed by atoms with van der Waals surface area (Å²) in [6, 6.07) is 1.40. The third kappa shape index (κ3) is 3.67. The van der Waals surface area contributed by atoms with Crippen LogP contribution in [0.15, 0.2) is 0 Å².